The van der Waals surface area contributed by atoms with E-state index in [1.807, 2.05) is 24.3 Å². The van der Waals surface area contributed by atoms with Crippen molar-refractivity contribution in [1.82, 2.24) is 4.98 Å². The molecule has 4 nitrogen and oxygen atoms in total. The molecule has 0 aliphatic heterocycles. The Morgan fingerprint density at radius 3 is 2.61 bits per heavy atom. The molecular formula is C12H16N2O2S2. The van der Waals surface area contributed by atoms with E-state index in [0.717, 1.165) is 15.3 Å². The van der Waals surface area contributed by atoms with Gasteiger partial charge >= 0.3 is 0 Å². The lowest BCUT2D eigenvalue weighted by molar-refractivity contribution is 0.560. The monoisotopic (exact) mass is 284 g/mol. The van der Waals surface area contributed by atoms with Crippen molar-refractivity contribution in [3.63, 3.8) is 0 Å². The second kappa shape index (κ2) is 4.51. The van der Waals surface area contributed by atoms with Crippen LogP contribution in [0.1, 0.15) is 13.8 Å². The molecule has 0 unspecified atom stereocenters. The molecule has 2 aromatic rings. The molecule has 2 rings (SSSR count). The van der Waals surface area contributed by atoms with Gasteiger partial charge in [-0.2, -0.15) is 0 Å². The van der Waals surface area contributed by atoms with Crippen LogP contribution in [-0.2, 0) is 9.84 Å². The van der Waals surface area contributed by atoms with E-state index < -0.39 is 14.6 Å². The Hall–Kier alpha value is -1.14. The number of rotatable bonds is 4. The first kappa shape index (κ1) is 13.3. The minimum atomic E-state index is -3.09. The predicted molar refractivity (Wildman–Crippen MR) is 77.0 cm³/mol. The Morgan fingerprint density at radius 2 is 2.00 bits per heavy atom. The van der Waals surface area contributed by atoms with Gasteiger partial charge in [0.2, 0.25) is 0 Å². The van der Waals surface area contributed by atoms with E-state index in [4.69, 9.17) is 0 Å². The van der Waals surface area contributed by atoms with Crippen molar-refractivity contribution in [1.29, 1.82) is 0 Å². The Labute approximate surface area is 111 Å². The van der Waals surface area contributed by atoms with Crippen molar-refractivity contribution in [3.8, 4) is 0 Å². The van der Waals surface area contributed by atoms with E-state index in [1.165, 1.54) is 17.6 Å². The SMILES string of the molecule is CC(C)(CNc1nc2ccccc2s1)S(C)(=O)=O. The van der Waals surface area contributed by atoms with Gasteiger partial charge in [0, 0.05) is 12.8 Å². The fraction of sp³-hybridized carbons (Fsp3) is 0.417. The zero-order chi connectivity index (χ0) is 13.4. The topological polar surface area (TPSA) is 59.1 Å². The van der Waals surface area contributed by atoms with E-state index in [1.54, 1.807) is 13.8 Å². The molecule has 1 heterocycles. The summed E-state index contributed by atoms with van der Waals surface area (Å²) in [4.78, 5) is 4.41. The normalized spacial score (nSPS) is 12.8. The van der Waals surface area contributed by atoms with Gasteiger partial charge in [-0.1, -0.05) is 23.5 Å². The van der Waals surface area contributed by atoms with E-state index in [0.29, 0.717) is 6.54 Å². The summed E-state index contributed by atoms with van der Waals surface area (Å²) in [6.07, 6.45) is 1.26. The molecule has 0 atom stereocenters. The lowest BCUT2D eigenvalue weighted by atomic mass is 10.2. The summed E-state index contributed by atoms with van der Waals surface area (Å²) in [7, 11) is -3.09. The van der Waals surface area contributed by atoms with E-state index in [2.05, 4.69) is 10.3 Å². The number of benzene rings is 1. The molecule has 0 aliphatic carbocycles. The predicted octanol–water partition coefficient (Wildman–Crippen LogP) is 2.53. The summed E-state index contributed by atoms with van der Waals surface area (Å²) in [5.41, 5.74) is 0.933. The lowest BCUT2D eigenvalue weighted by Crippen LogP contribution is -2.38. The summed E-state index contributed by atoms with van der Waals surface area (Å²) < 4.78 is 23.5. The average molecular weight is 284 g/mol. The van der Waals surface area contributed by atoms with Crippen LogP contribution in [0.3, 0.4) is 0 Å². The molecule has 0 amide bonds. The first-order valence-corrected chi connectivity index (χ1v) is 8.29. The Balaban J connectivity index is 2.16. The molecule has 1 aromatic carbocycles. The molecule has 0 saturated heterocycles. The minimum absolute atomic E-state index is 0.353. The van der Waals surface area contributed by atoms with Crippen molar-refractivity contribution in [2.45, 2.75) is 18.6 Å². The molecule has 6 heteroatoms. The number of thiazole rings is 1. The molecule has 1 aromatic heterocycles. The summed E-state index contributed by atoms with van der Waals surface area (Å²) in [5.74, 6) is 0. The quantitative estimate of drug-likeness (QED) is 0.937. The van der Waals surface area contributed by atoms with Gasteiger partial charge in [-0.3, -0.25) is 0 Å². The number of anilines is 1. The smallest absolute Gasteiger partial charge is 0.183 e. The third-order valence-electron chi connectivity index (χ3n) is 2.96. The van der Waals surface area contributed by atoms with Gasteiger partial charge in [0.1, 0.15) is 0 Å². The number of aromatic nitrogens is 1. The van der Waals surface area contributed by atoms with E-state index >= 15 is 0 Å². The second-order valence-corrected chi connectivity index (χ2v) is 8.55. The number of nitrogens with one attached hydrogen (secondary N) is 1. The van der Waals surface area contributed by atoms with Crippen LogP contribution < -0.4 is 5.32 Å². The molecule has 0 saturated carbocycles. The maximum absolute atomic E-state index is 11.6. The van der Waals surface area contributed by atoms with Crippen LogP contribution in [0.2, 0.25) is 0 Å². The molecule has 0 fully saturated rings. The lowest BCUT2D eigenvalue weighted by Gasteiger charge is -2.22. The highest BCUT2D eigenvalue weighted by Crippen LogP contribution is 2.26. The Kier molecular flexibility index (Phi) is 3.33. The fourth-order valence-corrected chi connectivity index (χ4v) is 2.56. The standard InChI is InChI=1S/C12H16N2O2S2/c1-12(2,18(3,15)16)8-13-11-14-9-6-4-5-7-10(9)17-11/h4-7H,8H2,1-3H3,(H,13,14). The van der Waals surface area contributed by atoms with Gasteiger partial charge in [0.25, 0.3) is 0 Å². The molecule has 0 aliphatic rings. The maximum atomic E-state index is 11.6. The highest BCUT2D eigenvalue weighted by Gasteiger charge is 2.30. The molecule has 1 N–H and O–H groups in total. The first-order chi connectivity index (χ1) is 8.29. The second-order valence-electron chi connectivity index (χ2n) is 4.87. The van der Waals surface area contributed by atoms with Gasteiger partial charge < -0.3 is 5.32 Å². The van der Waals surface area contributed by atoms with E-state index in [9.17, 15) is 8.42 Å². The zero-order valence-electron chi connectivity index (χ0n) is 10.6. The summed E-state index contributed by atoms with van der Waals surface area (Å²) in [5, 5.41) is 3.87. The summed E-state index contributed by atoms with van der Waals surface area (Å²) >= 11 is 1.53. The van der Waals surface area contributed by atoms with Crippen molar-refractivity contribution in [2.24, 2.45) is 0 Å². The third kappa shape index (κ3) is 2.64. The molecule has 0 bridgehead atoms. The van der Waals surface area contributed by atoms with Crippen LogP contribution in [0.25, 0.3) is 10.2 Å². The fourth-order valence-electron chi connectivity index (χ4n) is 1.37. The van der Waals surface area contributed by atoms with Crippen molar-refractivity contribution in [3.05, 3.63) is 24.3 Å². The van der Waals surface area contributed by atoms with Crippen LogP contribution in [0.15, 0.2) is 24.3 Å². The molecule has 0 spiro atoms. The average Bonchev–Trinajstić information content (AvgIpc) is 2.67. The maximum Gasteiger partial charge on any atom is 0.183 e. The van der Waals surface area contributed by atoms with Crippen LogP contribution in [0.5, 0.6) is 0 Å². The van der Waals surface area contributed by atoms with Gasteiger partial charge in [-0.15, -0.1) is 0 Å². The highest BCUT2D eigenvalue weighted by atomic mass is 32.2. The minimum Gasteiger partial charge on any atom is -0.360 e. The Morgan fingerprint density at radius 1 is 1.33 bits per heavy atom. The highest BCUT2D eigenvalue weighted by molar-refractivity contribution is 7.92. The van der Waals surface area contributed by atoms with Crippen molar-refractivity contribution >= 4 is 36.5 Å². The number of sulfone groups is 1. The van der Waals surface area contributed by atoms with Crippen molar-refractivity contribution in [2.75, 3.05) is 18.1 Å². The number of hydrogen-bond donors (Lipinski definition) is 1. The summed E-state index contributed by atoms with van der Waals surface area (Å²) in [6, 6.07) is 7.84. The van der Waals surface area contributed by atoms with Gasteiger partial charge in [-0.05, 0) is 26.0 Å². The number of para-hydroxylation sites is 1. The van der Waals surface area contributed by atoms with Crippen molar-refractivity contribution < 1.29 is 8.42 Å². The number of nitrogens with zero attached hydrogens (tertiary/aromatic N) is 1. The number of hydrogen-bond acceptors (Lipinski definition) is 5. The zero-order valence-corrected chi connectivity index (χ0v) is 12.2. The Bertz CT molecular complexity index is 627. The molecule has 18 heavy (non-hydrogen) atoms. The molecule has 0 radical (unpaired) electrons. The van der Waals surface area contributed by atoms with Gasteiger partial charge in [-0.25, -0.2) is 13.4 Å². The number of fused-ring (bicyclic) bond motifs is 1. The van der Waals surface area contributed by atoms with Crippen LogP contribution in [-0.4, -0.2) is 30.9 Å². The van der Waals surface area contributed by atoms with Gasteiger partial charge in [0.05, 0.1) is 15.0 Å². The largest absolute Gasteiger partial charge is 0.360 e. The molecule has 98 valence electrons. The first-order valence-electron chi connectivity index (χ1n) is 5.59. The molecular weight excluding hydrogens is 268 g/mol. The summed E-state index contributed by atoms with van der Waals surface area (Å²) in [6.45, 7) is 3.77. The van der Waals surface area contributed by atoms with Crippen LogP contribution in [0, 0.1) is 0 Å². The van der Waals surface area contributed by atoms with Gasteiger partial charge in [0.15, 0.2) is 15.0 Å². The third-order valence-corrected chi connectivity index (χ3v) is 6.11. The van der Waals surface area contributed by atoms with Crippen LogP contribution >= 0.6 is 11.3 Å². The van der Waals surface area contributed by atoms with E-state index in [-0.39, 0.29) is 0 Å². The van der Waals surface area contributed by atoms with Crippen LogP contribution in [0.4, 0.5) is 5.13 Å².